The Balaban J connectivity index is 2.34. The third-order valence-electron chi connectivity index (χ3n) is 3.02. The summed E-state index contributed by atoms with van der Waals surface area (Å²) in [4.78, 5) is 22.1. The van der Waals surface area contributed by atoms with Crippen LogP contribution in [-0.4, -0.2) is 10.8 Å². The van der Waals surface area contributed by atoms with Crippen LogP contribution in [-0.2, 0) is 4.79 Å². The van der Waals surface area contributed by atoms with Gasteiger partial charge in [-0.15, -0.1) is 0 Å². The van der Waals surface area contributed by atoms with Crippen molar-refractivity contribution in [1.29, 1.82) is 5.26 Å². The molecular weight excluding hydrogens is 397 g/mol. The number of nitro benzene ring substituents is 1. The van der Waals surface area contributed by atoms with E-state index in [0.717, 1.165) is 24.3 Å². The molecule has 25 heavy (non-hydrogen) atoms. The number of rotatable bonds is 4. The lowest BCUT2D eigenvalue weighted by Gasteiger charge is -2.10. The molecule has 126 valence electrons. The van der Waals surface area contributed by atoms with Crippen molar-refractivity contribution in [2.24, 2.45) is 0 Å². The molecule has 0 bridgehead atoms. The van der Waals surface area contributed by atoms with E-state index in [1.807, 2.05) is 0 Å². The molecule has 0 aromatic heterocycles. The maximum Gasteiger partial charge on any atom is 0.266 e. The van der Waals surface area contributed by atoms with Gasteiger partial charge in [-0.3, -0.25) is 14.9 Å². The molecule has 0 spiro atoms. The number of hydrogen-bond acceptors (Lipinski definition) is 5. The van der Waals surface area contributed by atoms with E-state index >= 15 is 0 Å². The van der Waals surface area contributed by atoms with Gasteiger partial charge in [0.2, 0.25) is 0 Å². The number of halogens is 2. The van der Waals surface area contributed by atoms with Crippen molar-refractivity contribution in [2.75, 3.05) is 5.32 Å². The normalized spacial score (nSPS) is 10.8. The van der Waals surface area contributed by atoms with Gasteiger partial charge in [0.25, 0.3) is 11.6 Å². The molecule has 2 aromatic rings. The topological polar surface area (TPSA) is 119 Å². The van der Waals surface area contributed by atoms with Gasteiger partial charge >= 0.3 is 0 Å². The maximum atomic E-state index is 12.8. The lowest BCUT2D eigenvalue weighted by atomic mass is 10.1. The number of nitro groups is 1. The van der Waals surface area contributed by atoms with E-state index in [0.29, 0.717) is 0 Å². The van der Waals surface area contributed by atoms with E-state index in [1.54, 1.807) is 6.07 Å². The predicted molar refractivity (Wildman–Crippen MR) is 88.9 cm³/mol. The first kappa shape index (κ1) is 18.1. The van der Waals surface area contributed by atoms with Crippen LogP contribution in [0, 0.1) is 27.3 Å². The third kappa shape index (κ3) is 4.39. The molecular formula is C16H8BrFN3O4-. The highest BCUT2D eigenvalue weighted by Crippen LogP contribution is 2.33. The van der Waals surface area contributed by atoms with Crippen LogP contribution in [0.15, 0.2) is 46.4 Å². The van der Waals surface area contributed by atoms with Gasteiger partial charge in [0.1, 0.15) is 17.5 Å². The average Bonchev–Trinajstić information content (AvgIpc) is 2.57. The Bertz CT molecular complexity index is 920. The smallest absolute Gasteiger partial charge is 0.266 e. The van der Waals surface area contributed by atoms with Gasteiger partial charge in [-0.2, -0.15) is 5.26 Å². The van der Waals surface area contributed by atoms with Crippen LogP contribution in [0.5, 0.6) is 5.75 Å². The minimum Gasteiger partial charge on any atom is -0.867 e. The summed E-state index contributed by atoms with van der Waals surface area (Å²) in [6.45, 7) is 0. The van der Waals surface area contributed by atoms with E-state index in [9.17, 15) is 24.4 Å². The second-order valence-electron chi connectivity index (χ2n) is 4.74. The van der Waals surface area contributed by atoms with Crippen molar-refractivity contribution < 1.29 is 19.2 Å². The number of amides is 1. The summed E-state index contributed by atoms with van der Waals surface area (Å²) in [5.74, 6) is -2.07. The first-order chi connectivity index (χ1) is 11.8. The van der Waals surface area contributed by atoms with E-state index in [2.05, 4.69) is 21.2 Å². The number of anilines is 1. The summed E-state index contributed by atoms with van der Waals surface area (Å²) < 4.78 is 12.8. The summed E-state index contributed by atoms with van der Waals surface area (Å²) in [6, 6.07) is 8.81. The highest BCUT2D eigenvalue weighted by molar-refractivity contribution is 9.10. The fourth-order valence-corrected chi connectivity index (χ4v) is 2.33. The fourth-order valence-electron chi connectivity index (χ4n) is 1.87. The Morgan fingerprint density at radius 1 is 1.32 bits per heavy atom. The standard InChI is InChI=1S/C16H9BrFN3O4/c17-13-6-9(7-14(15(13)22)21(24)25)5-10(8-19)16(23)20-12-3-1-11(18)2-4-12/h1-7,22H,(H,20,23)/p-1/b10-5+. The van der Waals surface area contributed by atoms with Gasteiger partial charge in [-0.1, -0.05) is 15.9 Å². The molecule has 2 aromatic carbocycles. The second-order valence-corrected chi connectivity index (χ2v) is 5.59. The summed E-state index contributed by atoms with van der Waals surface area (Å²) >= 11 is 2.91. The number of benzene rings is 2. The molecule has 9 heteroatoms. The summed E-state index contributed by atoms with van der Waals surface area (Å²) in [7, 11) is 0. The van der Waals surface area contributed by atoms with Crippen LogP contribution >= 0.6 is 15.9 Å². The van der Waals surface area contributed by atoms with Crippen molar-refractivity contribution in [3.8, 4) is 11.8 Å². The minimum absolute atomic E-state index is 0.0656. The van der Waals surface area contributed by atoms with Crippen molar-refractivity contribution in [3.63, 3.8) is 0 Å². The Morgan fingerprint density at radius 3 is 2.52 bits per heavy atom. The number of nitrogens with one attached hydrogen (secondary N) is 1. The lowest BCUT2D eigenvalue weighted by Crippen LogP contribution is -2.13. The SMILES string of the molecule is N#C/C(=C\c1cc(Br)c([O-])c([N+](=O)[O-])c1)C(=O)Nc1ccc(F)cc1. The average molecular weight is 405 g/mol. The molecule has 0 atom stereocenters. The number of nitrogens with zero attached hydrogens (tertiary/aromatic N) is 2. The fraction of sp³-hybridized carbons (Fsp3) is 0. The van der Waals surface area contributed by atoms with E-state index in [1.165, 1.54) is 18.2 Å². The zero-order valence-electron chi connectivity index (χ0n) is 12.3. The van der Waals surface area contributed by atoms with Crippen molar-refractivity contribution >= 4 is 39.3 Å². The monoisotopic (exact) mass is 404 g/mol. The van der Waals surface area contributed by atoms with Crippen LogP contribution < -0.4 is 10.4 Å². The summed E-state index contributed by atoms with van der Waals surface area (Å²) in [5.41, 5.74) is -0.625. The van der Waals surface area contributed by atoms with E-state index in [4.69, 9.17) is 5.26 Å². The van der Waals surface area contributed by atoms with Gasteiger partial charge < -0.3 is 10.4 Å². The summed E-state index contributed by atoms with van der Waals surface area (Å²) in [5, 5.41) is 34.0. The summed E-state index contributed by atoms with van der Waals surface area (Å²) in [6.07, 6.45) is 1.11. The molecule has 0 radical (unpaired) electrons. The molecule has 0 aliphatic carbocycles. The number of hydrogen-bond donors (Lipinski definition) is 1. The zero-order valence-corrected chi connectivity index (χ0v) is 13.9. The Hall–Kier alpha value is -3.25. The molecule has 0 saturated heterocycles. The van der Waals surface area contributed by atoms with Gasteiger partial charge in [0, 0.05) is 16.2 Å². The Morgan fingerprint density at radius 2 is 1.96 bits per heavy atom. The first-order valence-electron chi connectivity index (χ1n) is 6.65. The number of carbonyl (C=O) groups is 1. The predicted octanol–water partition coefficient (Wildman–Crippen LogP) is 3.12. The highest BCUT2D eigenvalue weighted by Gasteiger charge is 2.14. The molecule has 2 rings (SSSR count). The third-order valence-corrected chi connectivity index (χ3v) is 3.61. The minimum atomic E-state index is -0.852. The van der Waals surface area contributed by atoms with Crippen molar-refractivity contribution in [1.82, 2.24) is 0 Å². The van der Waals surface area contributed by atoms with Crippen molar-refractivity contribution in [2.45, 2.75) is 0 Å². The molecule has 0 unspecified atom stereocenters. The Labute approximate surface area is 149 Å². The Kier molecular flexibility index (Phi) is 5.46. The van der Waals surface area contributed by atoms with Gasteiger partial charge in [-0.05, 0) is 47.7 Å². The molecule has 0 saturated carbocycles. The van der Waals surface area contributed by atoms with Gasteiger partial charge in [0.05, 0.1) is 4.92 Å². The second kappa shape index (κ2) is 7.55. The zero-order chi connectivity index (χ0) is 18.6. The molecule has 0 heterocycles. The molecule has 1 amide bonds. The quantitative estimate of drug-likeness (QED) is 0.363. The van der Waals surface area contributed by atoms with Crippen LogP contribution in [0.3, 0.4) is 0 Å². The molecule has 1 N–H and O–H groups in total. The van der Waals surface area contributed by atoms with Crippen LogP contribution in [0.1, 0.15) is 5.56 Å². The molecule has 0 fully saturated rings. The van der Waals surface area contributed by atoms with Gasteiger partial charge in [-0.25, -0.2) is 4.39 Å². The van der Waals surface area contributed by atoms with Gasteiger partial charge in [0.15, 0.2) is 0 Å². The van der Waals surface area contributed by atoms with Crippen LogP contribution in [0.4, 0.5) is 15.8 Å². The first-order valence-corrected chi connectivity index (χ1v) is 7.44. The maximum absolute atomic E-state index is 12.8. The number of nitriles is 1. The van der Waals surface area contributed by atoms with E-state index < -0.39 is 28.1 Å². The highest BCUT2D eigenvalue weighted by atomic mass is 79.9. The number of carbonyl (C=O) groups excluding carboxylic acids is 1. The van der Waals surface area contributed by atoms with Crippen LogP contribution in [0.25, 0.3) is 6.08 Å². The largest absolute Gasteiger partial charge is 0.867 e. The molecule has 7 nitrogen and oxygen atoms in total. The molecule has 0 aliphatic rings. The lowest BCUT2D eigenvalue weighted by molar-refractivity contribution is -0.398. The van der Waals surface area contributed by atoms with E-state index in [-0.39, 0.29) is 21.3 Å². The van der Waals surface area contributed by atoms with Crippen molar-refractivity contribution in [3.05, 3.63) is 67.9 Å². The van der Waals surface area contributed by atoms with Crippen LogP contribution in [0.2, 0.25) is 0 Å². The molecule has 0 aliphatic heterocycles.